The van der Waals surface area contributed by atoms with E-state index in [0.717, 1.165) is 0 Å². The number of hydrogen-bond donors (Lipinski definition) is 2. The highest BCUT2D eigenvalue weighted by Gasteiger charge is 2.17. The van der Waals surface area contributed by atoms with Crippen LogP contribution in [0.2, 0.25) is 0 Å². The van der Waals surface area contributed by atoms with E-state index in [1.807, 2.05) is 18.2 Å². The minimum Gasteiger partial charge on any atom is -0.478 e. The number of rotatable bonds is 6. The number of amides is 2. The molecule has 0 aliphatic heterocycles. The summed E-state index contributed by atoms with van der Waals surface area (Å²) in [4.78, 5) is 24.4. The maximum absolute atomic E-state index is 13.6. The van der Waals surface area contributed by atoms with E-state index < -0.39 is 23.7 Å². The maximum atomic E-state index is 13.6. The summed E-state index contributed by atoms with van der Waals surface area (Å²) in [6, 6.07) is 21.4. The van der Waals surface area contributed by atoms with Crippen LogP contribution in [0.15, 0.2) is 78.9 Å². The number of para-hydroxylation sites is 2. The van der Waals surface area contributed by atoms with Gasteiger partial charge in [0.25, 0.3) is 11.8 Å². The van der Waals surface area contributed by atoms with Gasteiger partial charge in [-0.3, -0.25) is 20.4 Å². The normalized spacial score (nSPS) is 11.2. The van der Waals surface area contributed by atoms with Gasteiger partial charge in [0.05, 0.1) is 0 Å². The van der Waals surface area contributed by atoms with Crippen LogP contribution in [-0.4, -0.2) is 17.9 Å². The van der Waals surface area contributed by atoms with Crippen molar-refractivity contribution in [2.24, 2.45) is 0 Å². The van der Waals surface area contributed by atoms with Gasteiger partial charge in [-0.1, -0.05) is 36.4 Å². The van der Waals surface area contributed by atoms with Gasteiger partial charge in [0.15, 0.2) is 17.7 Å². The second-order valence-corrected chi connectivity index (χ2v) is 6.08. The van der Waals surface area contributed by atoms with E-state index in [-0.39, 0.29) is 5.75 Å². The second kappa shape index (κ2) is 9.36. The van der Waals surface area contributed by atoms with Gasteiger partial charge in [-0.15, -0.1) is 0 Å². The van der Waals surface area contributed by atoms with Crippen LogP contribution in [0.3, 0.4) is 0 Å². The van der Waals surface area contributed by atoms with Crippen molar-refractivity contribution in [1.82, 2.24) is 10.9 Å². The molecule has 0 spiro atoms. The van der Waals surface area contributed by atoms with Gasteiger partial charge < -0.3 is 9.47 Å². The van der Waals surface area contributed by atoms with Crippen molar-refractivity contribution in [2.75, 3.05) is 0 Å². The number of carbonyl (C=O) groups is 2. The number of halogens is 1. The molecular weight excluding hydrogens is 375 g/mol. The van der Waals surface area contributed by atoms with Gasteiger partial charge in [-0.05, 0) is 49.4 Å². The van der Waals surface area contributed by atoms with Gasteiger partial charge in [0.1, 0.15) is 11.5 Å². The summed E-state index contributed by atoms with van der Waals surface area (Å²) in [5.41, 5.74) is 4.86. The molecular formula is C22H19FN2O4. The molecule has 3 aromatic carbocycles. The van der Waals surface area contributed by atoms with Gasteiger partial charge in [0, 0.05) is 5.56 Å². The molecule has 2 amide bonds. The zero-order valence-corrected chi connectivity index (χ0v) is 15.6. The molecule has 0 fully saturated rings. The van der Waals surface area contributed by atoms with E-state index in [4.69, 9.17) is 9.47 Å². The zero-order chi connectivity index (χ0) is 20.6. The van der Waals surface area contributed by atoms with Crippen molar-refractivity contribution < 1.29 is 23.5 Å². The lowest BCUT2D eigenvalue weighted by molar-refractivity contribution is -0.128. The van der Waals surface area contributed by atoms with Crippen molar-refractivity contribution in [3.8, 4) is 17.2 Å². The summed E-state index contributed by atoms with van der Waals surface area (Å²) in [5.74, 6) is -0.671. The molecule has 1 unspecified atom stereocenters. The van der Waals surface area contributed by atoms with Crippen molar-refractivity contribution in [3.05, 3.63) is 90.2 Å². The average Bonchev–Trinajstić information content (AvgIpc) is 2.74. The van der Waals surface area contributed by atoms with Crippen LogP contribution in [0.5, 0.6) is 17.2 Å². The summed E-state index contributed by atoms with van der Waals surface area (Å²) >= 11 is 0. The number of carbonyl (C=O) groups excluding carboxylic acids is 2. The molecule has 1 atom stereocenters. The smallest absolute Gasteiger partial charge is 0.279 e. The van der Waals surface area contributed by atoms with E-state index in [0.29, 0.717) is 17.1 Å². The molecule has 0 aliphatic rings. The molecule has 29 heavy (non-hydrogen) atoms. The predicted octanol–water partition coefficient (Wildman–Crippen LogP) is 3.85. The Bertz CT molecular complexity index is 995. The van der Waals surface area contributed by atoms with E-state index >= 15 is 0 Å². The SMILES string of the molecule is CC(Oc1ccccc1F)C(=O)NNC(=O)c1cccc(Oc2ccccc2)c1. The Balaban J connectivity index is 1.55. The highest BCUT2D eigenvalue weighted by molar-refractivity contribution is 5.96. The Morgan fingerprint density at radius 3 is 2.31 bits per heavy atom. The molecule has 3 aromatic rings. The van der Waals surface area contributed by atoms with Crippen LogP contribution in [0.4, 0.5) is 4.39 Å². The first-order valence-electron chi connectivity index (χ1n) is 8.87. The minimum atomic E-state index is -1.01. The molecule has 0 aliphatic carbocycles. The molecule has 2 N–H and O–H groups in total. The summed E-state index contributed by atoms with van der Waals surface area (Å²) in [6.45, 7) is 1.45. The lowest BCUT2D eigenvalue weighted by atomic mass is 10.2. The number of hydrazine groups is 1. The maximum Gasteiger partial charge on any atom is 0.279 e. The summed E-state index contributed by atoms with van der Waals surface area (Å²) in [5, 5.41) is 0. The Kier molecular flexibility index (Phi) is 6.42. The lowest BCUT2D eigenvalue weighted by Crippen LogP contribution is -2.47. The first-order valence-corrected chi connectivity index (χ1v) is 8.87. The Labute approximate surface area is 167 Å². The average molecular weight is 394 g/mol. The first kappa shape index (κ1) is 19.9. The summed E-state index contributed by atoms with van der Waals surface area (Å²) < 4.78 is 24.6. The molecule has 0 saturated carbocycles. The Morgan fingerprint density at radius 1 is 0.862 bits per heavy atom. The van der Waals surface area contributed by atoms with Gasteiger partial charge in [-0.2, -0.15) is 0 Å². The fraction of sp³-hybridized carbons (Fsp3) is 0.0909. The Hall–Kier alpha value is -3.87. The molecule has 148 valence electrons. The monoisotopic (exact) mass is 394 g/mol. The fourth-order valence-electron chi connectivity index (χ4n) is 2.40. The molecule has 0 saturated heterocycles. The third-order valence-electron chi connectivity index (χ3n) is 3.88. The third kappa shape index (κ3) is 5.55. The standard InChI is InChI=1S/C22H19FN2O4/c1-15(28-20-13-6-5-12-19(20)23)21(26)24-25-22(27)16-8-7-11-18(14-16)29-17-9-3-2-4-10-17/h2-15H,1H3,(H,24,26)(H,25,27). The van der Waals surface area contributed by atoms with Crippen molar-refractivity contribution in [2.45, 2.75) is 13.0 Å². The van der Waals surface area contributed by atoms with E-state index in [1.54, 1.807) is 42.5 Å². The van der Waals surface area contributed by atoms with E-state index in [2.05, 4.69) is 10.9 Å². The van der Waals surface area contributed by atoms with E-state index in [9.17, 15) is 14.0 Å². The van der Waals surface area contributed by atoms with Crippen LogP contribution in [0.25, 0.3) is 0 Å². The third-order valence-corrected chi connectivity index (χ3v) is 3.88. The summed E-state index contributed by atoms with van der Waals surface area (Å²) in [7, 11) is 0. The number of ether oxygens (including phenoxy) is 2. The first-order chi connectivity index (χ1) is 14.0. The Morgan fingerprint density at radius 2 is 1.55 bits per heavy atom. The molecule has 0 heterocycles. The van der Waals surface area contributed by atoms with Gasteiger partial charge in [0.2, 0.25) is 0 Å². The quantitative estimate of drug-likeness (QED) is 0.623. The molecule has 7 heteroatoms. The molecule has 6 nitrogen and oxygen atoms in total. The van der Waals surface area contributed by atoms with Gasteiger partial charge in [-0.25, -0.2) is 4.39 Å². The van der Waals surface area contributed by atoms with Crippen molar-refractivity contribution in [1.29, 1.82) is 0 Å². The van der Waals surface area contributed by atoms with Crippen LogP contribution >= 0.6 is 0 Å². The van der Waals surface area contributed by atoms with Gasteiger partial charge >= 0.3 is 0 Å². The van der Waals surface area contributed by atoms with E-state index in [1.165, 1.54) is 25.1 Å². The minimum absolute atomic E-state index is 0.0489. The largest absolute Gasteiger partial charge is 0.478 e. The molecule has 0 aromatic heterocycles. The number of hydrogen-bond acceptors (Lipinski definition) is 4. The highest BCUT2D eigenvalue weighted by Crippen LogP contribution is 2.21. The van der Waals surface area contributed by atoms with Crippen LogP contribution in [-0.2, 0) is 4.79 Å². The lowest BCUT2D eigenvalue weighted by Gasteiger charge is -2.15. The van der Waals surface area contributed by atoms with Crippen molar-refractivity contribution >= 4 is 11.8 Å². The van der Waals surface area contributed by atoms with Crippen LogP contribution in [0.1, 0.15) is 17.3 Å². The fourth-order valence-corrected chi connectivity index (χ4v) is 2.40. The number of benzene rings is 3. The number of nitrogens with one attached hydrogen (secondary N) is 2. The van der Waals surface area contributed by atoms with Crippen molar-refractivity contribution in [3.63, 3.8) is 0 Å². The topological polar surface area (TPSA) is 76.7 Å². The predicted molar refractivity (Wildman–Crippen MR) is 105 cm³/mol. The van der Waals surface area contributed by atoms with Crippen LogP contribution < -0.4 is 20.3 Å². The summed E-state index contributed by atoms with van der Waals surface area (Å²) in [6.07, 6.45) is -1.01. The van der Waals surface area contributed by atoms with Crippen LogP contribution in [0, 0.1) is 5.82 Å². The zero-order valence-electron chi connectivity index (χ0n) is 15.6. The molecule has 0 radical (unpaired) electrons. The highest BCUT2D eigenvalue weighted by atomic mass is 19.1. The molecule has 0 bridgehead atoms. The second-order valence-electron chi connectivity index (χ2n) is 6.08. The molecule has 3 rings (SSSR count).